The van der Waals surface area contributed by atoms with Crippen molar-refractivity contribution in [2.75, 3.05) is 19.7 Å². The highest BCUT2D eigenvalue weighted by molar-refractivity contribution is 4.67. The first kappa shape index (κ1) is 9.88. The van der Waals surface area contributed by atoms with Gasteiger partial charge in [0.2, 0.25) is 0 Å². The maximum absolute atomic E-state index is 8.48. The Morgan fingerprint density at radius 3 is 2.50 bits per heavy atom. The molecule has 0 radical (unpaired) electrons. The van der Waals surface area contributed by atoms with E-state index in [9.17, 15) is 0 Å². The number of aliphatic hydroxyl groups is 1. The summed E-state index contributed by atoms with van der Waals surface area (Å²) in [7, 11) is 0. The monoisotopic (exact) mass is 146 g/mol. The fourth-order valence-corrected chi connectivity index (χ4v) is 0.698. The summed E-state index contributed by atoms with van der Waals surface area (Å²) >= 11 is 0. The van der Waals surface area contributed by atoms with Gasteiger partial charge >= 0.3 is 0 Å². The fraction of sp³-hybridized carbons (Fsp3) is 1.00. The summed E-state index contributed by atoms with van der Waals surface area (Å²) in [5.74, 6) is 0.478. The summed E-state index contributed by atoms with van der Waals surface area (Å²) in [6.07, 6.45) is 0. The van der Waals surface area contributed by atoms with Gasteiger partial charge in [-0.3, -0.25) is 0 Å². The van der Waals surface area contributed by atoms with Crippen LogP contribution < -0.4 is 11.1 Å². The van der Waals surface area contributed by atoms with Crippen LogP contribution in [0.3, 0.4) is 0 Å². The Bertz CT molecular complexity index is 78.0. The number of aliphatic hydroxyl groups excluding tert-OH is 1. The second-order valence-electron chi connectivity index (χ2n) is 2.68. The van der Waals surface area contributed by atoms with E-state index in [1.54, 1.807) is 0 Å². The van der Waals surface area contributed by atoms with Crippen LogP contribution in [0, 0.1) is 5.92 Å². The number of hydrogen-bond donors (Lipinski definition) is 3. The Morgan fingerprint density at radius 2 is 2.10 bits per heavy atom. The molecule has 0 amide bonds. The summed E-state index contributed by atoms with van der Waals surface area (Å²) in [5, 5.41) is 11.6. The van der Waals surface area contributed by atoms with Crippen LogP contribution in [0.15, 0.2) is 0 Å². The molecule has 0 bridgehead atoms. The van der Waals surface area contributed by atoms with E-state index in [0.717, 1.165) is 0 Å². The van der Waals surface area contributed by atoms with Crippen LogP contribution in [0.25, 0.3) is 0 Å². The zero-order valence-corrected chi connectivity index (χ0v) is 6.80. The predicted molar refractivity (Wildman–Crippen MR) is 42.8 cm³/mol. The van der Waals surface area contributed by atoms with Crippen LogP contribution in [0.5, 0.6) is 0 Å². The van der Waals surface area contributed by atoms with Crippen LogP contribution in [0.2, 0.25) is 0 Å². The van der Waals surface area contributed by atoms with E-state index >= 15 is 0 Å². The minimum Gasteiger partial charge on any atom is -0.395 e. The van der Waals surface area contributed by atoms with Crippen molar-refractivity contribution in [2.45, 2.75) is 19.9 Å². The average molecular weight is 146 g/mol. The molecule has 3 nitrogen and oxygen atoms in total. The Balaban J connectivity index is 3.31. The molecule has 10 heavy (non-hydrogen) atoms. The highest BCUT2D eigenvalue weighted by Gasteiger charge is 2.07. The van der Waals surface area contributed by atoms with Gasteiger partial charge in [-0.1, -0.05) is 6.92 Å². The van der Waals surface area contributed by atoms with Gasteiger partial charge in [0.15, 0.2) is 0 Å². The summed E-state index contributed by atoms with van der Waals surface area (Å²) in [6, 6.07) is 0.400. The Labute approximate surface area is 62.6 Å². The van der Waals surface area contributed by atoms with Gasteiger partial charge in [0.25, 0.3) is 0 Å². The molecule has 0 saturated carbocycles. The second kappa shape index (κ2) is 5.65. The molecular formula is C7H18N2O. The first-order chi connectivity index (χ1) is 4.72. The van der Waals surface area contributed by atoms with Gasteiger partial charge < -0.3 is 16.2 Å². The zero-order chi connectivity index (χ0) is 7.98. The van der Waals surface area contributed by atoms with Crippen molar-refractivity contribution in [2.24, 2.45) is 11.7 Å². The lowest BCUT2D eigenvalue weighted by Crippen LogP contribution is -2.37. The van der Waals surface area contributed by atoms with Crippen LogP contribution in [-0.2, 0) is 0 Å². The van der Waals surface area contributed by atoms with Gasteiger partial charge in [0, 0.05) is 12.6 Å². The third kappa shape index (κ3) is 3.82. The topological polar surface area (TPSA) is 58.3 Å². The van der Waals surface area contributed by atoms with Crippen molar-refractivity contribution < 1.29 is 5.11 Å². The predicted octanol–water partition coefficient (Wildman–Crippen LogP) is -0.448. The van der Waals surface area contributed by atoms with Crippen molar-refractivity contribution in [3.63, 3.8) is 0 Å². The summed E-state index contributed by atoms with van der Waals surface area (Å²) in [6.45, 7) is 5.72. The lowest BCUT2D eigenvalue weighted by molar-refractivity contribution is 0.275. The molecule has 0 rings (SSSR count). The van der Waals surface area contributed by atoms with Gasteiger partial charge in [0.1, 0.15) is 0 Å². The fourth-order valence-electron chi connectivity index (χ4n) is 0.698. The van der Waals surface area contributed by atoms with E-state index in [1.165, 1.54) is 0 Å². The first-order valence-corrected chi connectivity index (χ1v) is 3.76. The number of hydrogen-bond acceptors (Lipinski definition) is 3. The van der Waals surface area contributed by atoms with E-state index < -0.39 is 0 Å². The Kier molecular flexibility index (Phi) is 5.58. The standard InChI is InChI=1S/C7H18N2O/c1-6(5-8)7(2)9-3-4-10/h6-7,9-10H,3-5,8H2,1-2H3. The van der Waals surface area contributed by atoms with E-state index in [0.29, 0.717) is 25.0 Å². The molecule has 0 aliphatic heterocycles. The molecule has 0 fully saturated rings. The molecule has 0 saturated heterocycles. The highest BCUT2D eigenvalue weighted by atomic mass is 16.3. The van der Waals surface area contributed by atoms with E-state index in [4.69, 9.17) is 10.8 Å². The largest absolute Gasteiger partial charge is 0.395 e. The minimum atomic E-state index is 0.196. The maximum atomic E-state index is 8.48. The lowest BCUT2D eigenvalue weighted by Gasteiger charge is -2.18. The molecule has 0 heterocycles. The maximum Gasteiger partial charge on any atom is 0.0556 e. The smallest absolute Gasteiger partial charge is 0.0556 e. The molecule has 62 valence electrons. The van der Waals surface area contributed by atoms with Crippen molar-refractivity contribution in [1.82, 2.24) is 5.32 Å². The molecule has 0 aliphatic carbocycles. The molecular weight excluding hydrogens is 128 g/mol. The third-order valence-corrected chi connectivity index (χ3v) is 1.80. The molecule has 0 aliphatic rings. The zero-order valence-electron chi connectivity index (χ0n) is 6.80. The molecule has 2 unspecified atom stereocenters. The number of nitrogens with one attached hydrogen (secondary N) is 1. The summed E-state index contributed by atoms with van der Waals surface area (Å²) in [5.41, 5.74) is 5.44. The van der Waals surface area contributed by atoms with Gasteiger partial charge in [-0.2, -0.15) is 0 Å². The molecule has 0 aromatic heterocycles. The molecule has 0 aromatic carbocycles. The number of nitrogens with two attached hydrogens (primary N) is 1. The summed E-state index contributed by atoms with van der Waals surface area (Å²) < 4.78 is 0. The van der Waals surface area contributed by atoms with Crippen molar-refractivity contribution in [1.29, 1.82) is 0 Å². The lowest BCUT2D eigenvalue weighted by atomic mass is 10.0. The van der Waals surface area contributed by atoms with E-state index in [1.807, 2.05) is 0 Å². The Morgan fingerprint density at radius 1 is 1.50 bits per heavy atom. The second-order valence-corrected chi connectivity index (χ2v) is 2.68. The SMILES string of the molecule is CC(CN)C(C)NCCO. The van der Waals surface area contributed by atoms with E-state index in [-0.39, 0.29) is 6.61 Å². The van der Waals surface area contributed by atoms with Crippen LogP contribution in [0.1, 0.15) is 13.8 Å². The number of rotatable bonds is 5. The van der Waals surface area contributed by atoms with Crippen molar-refractivity contribution in [3.8, 4) is 0 Å². The van der Waals surface area contributed by atoms with Crippen LogP contribution >= 0.6 is 0 Å². The molecule has 0 aromatic rings. The van der Waals surface area contributed by atoms with Gasteiger partial charge in [0.05, 0.1) is 6.61 Å². The molecule has 2 atom stereocenters. The Hall–Kier alpha value is -0.120. The van der Waals surface area contributed by atoms with Crippen LogP contribution in [0.4, 0.5) is 0 Å². The average Bonchev–Trinajstić information content (AvgIpc) is 1.98. The van der Waals surface area contributed by atoms with Crippen LogP contribution in [-0.4, -0.2) is 30.8 Å². The van der Waals surface area contributed by atoms with Crippen molar-refractivity contribution >= 4 is 0 Å². The van der Waals surface area contributed by atoms with E-state index in [2.05, 4.69) is 19.2 Å². The highest BCUT2D eigenvalue weighted by Crippen LogP contribution is 1.97. The van der Waals surface area contributed by atoms with Gasteiger partial charge in [-0.05, 0) is 19.4 Å². The summed E-state index contributed by atoms with van der Waals surface area (Å²) in [4.78, 5) is 0. The van der Waals surface area contributed by atoms with Gasteiger partial charge in [-0.25, -0.2) is 0 Å². The molecule has 3 heteroatoms. The first-order valence-electron chi connectivity index (χ1n) is 3.76. The quantitative estimate of drug-likeness (QED) is 0.492. The molecule has 0 spiro atoms. The van der Waals surface area contributed by atoms with Gasteiger partial charge in [-0.15, -0.1) is 0 Å². The normalized spacial score (nSPS) is 16.8. The van der Waals surface area contributed by atoms with Crippen molar-refractivity contribution in [3.05, 3.63) is 0 Å². The third-order valence-electron chi connectivity index (χ3n) is 1.80. The molecule has 4 N–H and O–H groups in total. The minimum absolute atomic E-state index is 0.196.